The van der Waals surface area contributed by atoms with E-state index < -0.39 is 0 Å². The van der Waals surface area contributed by atoms with E-state index in [1.807, 2.05) is 29.3 Å². The molecule has 1 saturated heterocycles. The highest BCUT2D eigenvalue weighted by atomic mass is 32.1. The summed E-state index contributed by atoms with van der Waals surface area (Å²) in [5, 5.41) is 2.00. The first kappa shape index (κ1) is 17.2. The van der Waals surface area contributed by atoms with Crippen LogP contribution in [-0.4, -0.2) is 53.9 Å². The van der Waals surface area contributed by atoms with Crippen LogP contribution in [0.15, 0.2) is 21.9 Å². The molecule has 1 atom stereocenters. The van der Waals surface area contributed by atoms with Gasteiger partial charge in [-0.15, -0.1) is 11.3 Å². The van der Waals surface area contributed by atoms with Gasteiger partial charge in [0.05, 0.1) is 17.0 Å². The maximum atomic E-state index is 12.8. The van der Waals surface area contributed by atoms with Gasteiger partial charge in [-0.25, -0.2) is 4.98 Å². The molecule has 1 amide bonds. The Morgan fingerprint density at radius 3 is 3.00 bits per heavy atom. The number of piperidine rings is 1. The van der Waals surface area contributed by atoms with Crippen molar-refractivity contribution in [3.05, 3.63) is 29.0 Å². The van der Waals surface area contributed by atoms with Crippen LogP contribution < -0.4 is 0 Å². The number of likely N-dealkylation sites (tertiary alicyclic amines) is 1. The topological polar surface area (TPSA) is 49.6 Å². The maximum Gasteiger partial charge on any atom is 0.236 e. The quantitative estimate of drug-likeness (QED) is 0.833. The number of carbonyl (C=O) groups is 1. The van der Waals surface area contributed by atoms with Crippen molar-refractivity contribution >= 4 is 17.2 Å². The van der Waals surface area contributed by atoms with Gasteiger partial charge in [0.1, 0.15) is 5.76 Å². The molecule has 0 N–H and O–H groups in total. The predicted molar refractivity (Wildman–Crippen MR) is 96.2 cm³/mol. The number of thiophene rings is 1. The molecule has 0 saturated carbocycles. The normalized spacial score (nSPS) is 18.3. The second-order valence-corrected chi connectivity index (χ2v) is 7.62. The highest BCUT2D eigenvalue weighted by Crippen LogP contribution is 2.27. The van der Waals surface area contributed by atoms with E-state index in [1.165, 1.54) is 6.42 Å². The van der Waals surface area contributed by atoms with Crippen molar-refractivity contribution in [2.45, 2.75) is 38.6 Å². The monoisotopic (exact) mass is 347 g/mol. The van der Waals surface area contributed by atoms with Gasteiger partial charge in [-0.1, -0.05) is 6.07 Å². The molecule has 2 aromatic heterocycles. The molecular weight excluding hydrogens is 322 g/mol. The SMILES string of the molecule is Cc1oc(-c2cccs2)nc1CC(=O)N1CCCC[C@@H]1CN(C)C. The van der Waals surface area contributed by atoms with Gasteiger partial charge in [0.25, 0.3) is 0 Å². The minimum absolute atomic E-state index is 0.163. The van der Waals surface area contributed by atoms with E-state index in [0.717, 1.165) is 42.3 Å². The molecule has 0 spiro atoms. The van der Waals surface area contributed by atoms with Crippen LogP contribution in [0.2, 0.25) is 0 Å². The van der Waals surface area contributed by atoms with Crippen LogP contribution in [-0.2, 0) is 11.2 Å². The lowest BCUT2D eigenvalue weighted by molar-refractivity contribution is -0.134. The smallest absolute Gasteiger partial charge is 0.236 e. The second kappa shape index (κ2) is 7.49. The minimum Gasteiger partial charge on any atom is -0.440 e. The average molecular weight is 347 g/mol. The highest BCUT2D eigenvalue weighted by molar-refractivity contribution is 7.13. The van der Waals surface area contributed by atoms with Crippen LogP contribution in [0.25, 0.3) is 10.8 Å². The first-order valence-electron chi connectivity index (χ1n) is 8.49. The Morgan fingerprint density at radius 1 is 1.46 bits per heavy atom. The summed E-state index contributed by atoms with van der Waals surface area (Å²) in [6, 6.07) is 4.27. The van der Waals surface area contributed by atoms with Crippen LogP contribution in [0.4, 0.5) is 0 Å². The van der Waals surface area contributed by atoms with Gasteiger partial charge in [0.15, 0.2) is 0 Å². The third kappa shape index (κ3) is 3.87. The van der Waals surface area contributed by atoms with Gasteiger partial charge in [-0.05, 0) is 51.7 Å². The Labute approximate surface area is 147 Å². The molecule has 0 aliphatic carbocycles. The van der Waals surface area contributed by atoms with Crippen LogP contribution in [0.3, 0.4) is 0 Å². The number of nitrogens with zero attached hydrogens (tertiary/aromatic N) is 3. The van der Waals surface area contributed by atoms with Crippen LogP contribution in [0.5, 0.6) is 0 Å². The third-order valence-corrected chi connectivity index (χ3v) is 5.32. The number of amides is 1. The molecule has 2 aromatic rings. The zero-order valence-corrected chi connectivity index (χ0v) is 15.4. The highest BCUT2D eigenvalue weighted by Gasteiger charge is 2.28. The van der Waals surface area contributed by atoms with Gasteiger partial charge in [-0.3, -0.25) is 4.79 Å². The fraction of sp³-hybridized carbons (Fsp3) is 0.556. The summed E-state index contributed by atoms with van der Waals surface area (Å²) in [5.74, 6) is 1.53. The molecule has 6 heteroatoms. The van der Waals surface area contributed by atoms with Crippen LogP contribution >= 0.6 is 11.3 Å². The van der Waals surface area contributed by atoms with Crippen molar-refractivity contribution in [3.8, 4) is 10.8 Å². The summed E-state index contributed by atoms with van der Waals surface area (Å²) >= 11 is 1.60. The molecule has 3 heterocycles. The Bertz CT molecular complexity index is 679. The maximum absolute atomic E-state index is 12.8. The van der Waals surface area contributed by atoms with Gasteiger partial charge in [-0.2, -0.15) is 0 Å². The number of likely N-dealkylation sites (N-methyl/N-ethyl adjacent to an activating group) is 1. The molecule has 130 valence electrons. The molecule has 3 rings (SSSR count). The fourth-order valence-electron chi connectivity index (χ4n) is 3.28. The Kier molecular flexibility index (Phi) is 5.36. The predicted octanol–water partition coefficient (Wildman–Crippen LogP) is 3.20. The van der Waals surface area contributed by atoms with E-state index in [1.54, 1.807) is 11.3 Å². The van der Waals surface area contributed by atoms with Gasteiger partial charge >= 0.3 is 0 Å². The lowest BCUT2D eigenvalue weighted by atomic mass is 10.0. The van der Waals surface area contributed by atoms with Crippen LogP contribution in [0.1, 0.15) is 30.7 Å². The number of aromatic nitrogens is 1. The number of rotatable bonds is 5. The minimum atomic E-state index is 0.163. The summed E-state index contributed by atoms with van der Waals surface area (Å²) in [4.78, 5) is 22.6. The molecule has 1 fully saturated rings. The molecule has 0 radical (unpaired) electrons. The third-order valence-electron chi connectivity index (χ3n) is 4.47. The number of aryl methyl sites for hydroxylation is 1. The van der Waals surface area contributed by atoms with Gasteiger partial charge in [0, 0.05) is 19.1 Å². The summed E-state index contributed by atoms with van der Waals surface area (Å²) in [6.45, 7) is 3.66. The zero-order chi connectivity index (χ0) is 17.1. The standard InChI is InChI=1S/C18H25N3O2S/c1-13-15(19-18(23-13)16-8-6-10-24-16)11-17(22)21-9-5-4-7-14(21)12-20(2)3/h6,8,10,14H,4-5,7,9,11-12H2,1-3H3/t14-/m1/s1. The molecule has 0 unspecified atom stereocenters. The lowest BCUT2D eigenvalue weighted by Crippen LogP contribution is -2.48. The van der Waals surface area contributed by atoms with E-state index in [9.17, 15) is 4.79 Å². The van der Waals surface area contributed by atoms with Crippen molar-refractivity contribution in [3.63, 3.8) is 0 Å². The Morgan fingerprint density at radius 2 is 2.29 bits per heavy atom. The van der Waals surface area contributed by atoms with Gasteiger partial charge < -0.3 is 14.2 Å². The van der Waals surface area contributed by atoms with Crippen molar-refractivity contribution in [1.29, 1.82) is 0 Å². The van der Waals surface area contributed by atoms with Crippen molar-refractivity contribution < 1.29 is 9.21 Å². The van der Waals surface area contributed by atoms with Crippen LogP contribution in [0, 0.1) is 6.92 Å². The summed E-state index contributed by atoms with van der Waals surface area (Å²) in [6.07, 6.45) is 3.70. The number of carbonyl (C=O) groups excluding carboxylic acids is 1. The molecule has 24 heavy (non-hydrogen) atoms. The Hall–Kier alpha value is -1.66. The molecular formula is C18H25N3O2S. The fourth-order valence-corrected chi connectivity index (χ4v) is 3.93. The largest absolute Gasteiger partial charge is 0.440 e. The summed E-state index contributed by atoms with van der Waals surface area (Å²) in [5.41, 5.74) is 0.762. The molecule has 1 aliphatic rings. The van der Waals surface area contributed by atoms with Crippen molar-refractivity contribution in [1.82, 2.24) is 14.8 Å². The van der Waals surface area contributed by atoms with Crippen molar-refractivity contribution in [2.24, 2.45) is 0 Å². The molecule has 5 nitrogen and oxygen atoms in total. The Balaban J connectivity index is 1.71. The molecule has 1 aliphatic heterocycles. The van der Waals surface area contributed by atoms with E-state index >= 15 is 0 Å². The van der Waals surface area contributed by atoms with Crippen molar-refractivity contribution in [2.75, 3.05) is 27.2 Å². The number of hydrogen-bond acceptors (Lipinski definition) is 5. The number of oxazole rings is 1. The van der Waals surface area contributed by atoms with Gasteiger partial charge in [0.2, 0.25) is 11.8 Å². The average Bonchev–Trinajstić information content (AvgIpc) is 3.17. The second-order valence-electron chi connectivity index (χ2n) is 6.67. The molecule has 0 bridgehead atoms. The lowest BCUT2D eigenvalue weighted by Gasteiger charge is -2.37. The first-order valence-corrected chi connectivity index (χ1v) is 9.37. The van der Waals surface area contributed by atoms with E-state index in [0.29, 0.717) is 18.4 Å². The van der Waals surface area contributed by atoms with E-state index in [-0.39, 0.29) is 5.91 Å². The summed E-state index contributed by atoms with van der Waals surface area (Å²) in [7, 11) is 4.12. The van der Waals surface area contributed by atoms with E-state index in [2.05, 4.69) is 24.0 Å². The van der Waals surface area contributed by atoms with E-state index in [4.69, 9.17) is 4.42 Å². The summed E-state index contributed by atoms with van der Waals surface area (Å²) < 4.78 is 5.76. The number of hydrogen-bond donors (Lipinski definition) is 0. The molecule has 0 aromatic carbocycles. The zero-order valence-electron chi connectivity index (χ0n) is 14.6. The first-order chi connectivity index (χ1) is 11.5.